The lowest BCUT2D eigenvalue weighted by Gasteiger charge is -2.31. The quantitative estimate of drug-likeness (QED) is 0.563. The Kier molecular flexibility index (Phi) is 4.49. The zero-order valence-corrected chi connectivity index (χ0v) is 14.5. The monoisotopic (exact) mass is 359 g/mol. The Balaban J connectivity index is 1.68. The van der Waals surface area contributed by atoms with Crippen molar-refractivity contribution in [1.29, 1.82) is 0 Å². The van der Waals surface area contributed by atoms with Crippen LogP contribution in [-0.4, -0.2) is 32.2 Å². The summed E-state index contributed by atoms with van der Waals surface area (Å²) in [7, 11) is 0. The van der Waals surface area contributed by atoms with E-state index in [1.54, 1.807) is 29.1 Å². The van der Waals surface area contributed by atoms with E-state index >= 15 is 0 Å². The lowest BCUT2D eigenvalue weighted by atomic mass is 10.1. The summed E-state index contributed by atoms with van der Waals surface area (Å²) in [4.78, 5) is 37.7. The number of carbonyl (C=O) groups is 3. The van der Waals surface area contributed by atoms with Gasteiger partial charge in [-0.3, -0.25) is 29.9 Å². The fraction of sp³-hybridized carbons (Fsp3) is 0.250. The number of rotatable bonds is 3. The predicted octanol–water partition coefficient (Wildman–Crippen LogP) is 1.17. The highest BCUT2D eigenvalue weighted by Crippen LogP contribution is 2.42. The number of nitrogens with one attached hydrogen (secondary N) is 3. The summed E-state index contributed by atoms with van der Waals surface area (Å²) in [5.41, 5.74) is 5.45. The molecule has 0 bridgehead atoms. The van der Waals surface area contributed by atoms with Crippen LogP contribution in [0.1, 0.15) is 24.3 Å². The van der Waals surface area contributed by atoms with Gasteiger partial charge in [-0.2, -0.15) is 5.10 Å². The number of hydrogen-bond acceptors (Lipinski definition) is 5. The molecular weight excluding hydrogens is 342 g/mol. The van der Waals surface area contributed by atoms with Crippen molar-refractivity contribution in [3.8, 4) is 0 Å². The molecule has 0 spiro atoms. The number of amides is 3. The van der Waals surface area contributed by atoms with Crippen LogP contribution in [0.15, 0.2) is 41.4 Å². The van der Waals surface area contributed by atoms with E-state index in [4.69, 9.17) is 0 Å². The van der Waals surface area contributed by atoms with Gasteiger partial charge in [0.1, 0.15) is 0 Å². The van der Waals surface area contributed by atoms with E-state index in [9.17, 15) is 14.4 Å². The first-order chi connectivity index (χ1) is 11.9. The van der Waals surface area contributed by atoms with Gasteiger partial charge < -0.3 is 5.32 Å². The number of para-hydroxylation sites is 1. The molecule has 130 valence electrons. The molecule has 1 aromatic heterocycles. The fourth-order valence-corrected chi connectivity index (χ4v) is 3.37. The maximum atomic E-state index is 12.5. The van der Waals surface area contributed by atoms with Crippen LogP contribution in [0.2, 0.25) is 0 Å². The molecule has 3 rings (SSSR count). The third kappa shape index (κ3) is 3.22. The molecule has 1 atom stereocenters. The molecule has 0 saturated carbocycles. The molecule has 0 aliphatic carbocycles. The minimum Gasteiger partial charge on any atom is -0.323 e. The van der Waals surface area contributed by atoms with Gasteiger partial charge in [-0.05, 0) is 32.0 Å². The number of anilines is 1. The Labute approximate surface area is 148 Å². The molecule has 0 saturated heterocycles. The maximum absolute atomic E-state index is 12.5. The topological polar surface area (TPSA) is 105 Å². The number of aromatic nitrogens is 2. The SMILES string of the molecule is CCn1ccc(C(=O)NNC(=O)C2(C)Sc3ccccc3NC2=O)n1. The first-order valence-corrected chi connectivity index (χ1v) is 8.49. The number of fused-ring (bicyclic) bond motifs is 1. The Hall–Kier alpha value is -2.81. The van der Waals surface area contributed by atoms with E-state index in [1.807, 2.05) is 19.1 Å². The van der Waals surface area contributed by atoms with E-state index in [2.05, 4.69) is 21.3 Å². The summed E-state index contributed by atoms with van der Waals surface area (Å²) >= 11 is 1.14. The van der Waals surface area contributed by atoms with Crippen molar-refractivity contribution in [3.63, 3.8) is 0 Å². The zero-order valence-electron chi connectivity index (χ0n) is 13.7. The molecule has 2 heterocycles. The second-order valence-electron chi connectivity index (χ2n) is 5.55. The van der Waals surface area contributed by atoms with Crippen LogP contribution < -0.4 is 16.2 Å². The Morgan fingerprint density at radius 1 is 1.28 bits per heavy atom. The second-order valence-corrected chi connectivity index (χ2v) is 7.01. The predicted molar refractivity (Wildman–Crippen MR) is 92.8 cm³/mol. The molecule has 0 fully saturated rings. The third-order valence-electron chi connectivity index (χ3n) is 3.80. The number of hydrogen-bond donors (Lipinski definition) is 3. The Morgan fingerprint density at radius 3 is 2.76 bits per heavy atom. The summed E-state index contributed by atoms with van der Waals surface area (Å²) in [5.74, 6) is -1.61. The normalized spacial score (nSPS) is 18.9. The molecule has 0 radical (unpaired) electrons. The fourth-order valence-electron chi connectivity index (χ4n) is 2.27. The highest BCUT2D eigenvalue weighted by atomic mass is 32.2. The lowest BCUT2D eigenvalue weighted by Crippen LogP contribution is -2.56. The number of benzene rings is 1. The second kappa shape index (κ2) is 6.60. The molecule has 2 aromatic rings. The maximum Gasteiger partial charge on any atom is 0.290 e. The van der Waals surface area contributed by atoms with Crippen molar-refractivity contribution in [2.24, 2.45) is 0 Å². The lowest BCUT2D eigenvalue weighted by molar-refractivity contribution is -0.130. The summed E-state index contributed by atoms with van der Waals surface area (Å²) in [6.45, 7) is 4.04. The van der Waals surface area contributed by atoms with Gasteiger partial charge in [-0.25, -0.2) is 0 Å². The van der Waals surface area contributed by atoms with Crippen LogP contribution in [0.5, 0.6) is 0 Å². The standard InChI is InChI=1S/C16H17N5O3S/c1-3-21-9-8-11(20-21)13(22)18-19-15(24)16(2)14(23)17-10-6-4-5-7-12(10)25-16/h4-9H,3H2,1-2H3,(H,17,23)(H,18,22)(H,19,24). The van der Waals surface area contributed by atoms with E-state index in [-0.39, 0.29) is 5.69 Å². The van der Waals surface area contributed by atoms with Gasteiger partial charge in [-0.1, -0.05) is 23.9 Å². The van der Waals surface area contributed by atoms with Crippen molar-refractivity contribution in [1.82, 2.24) is 20.6 Å². The molecule has 25 heavy (non-hydrogen) atoms. The molecule has 8 nitrogen and oxygen atoms in total. The smallest absolute Gasteiger partial charge is 0.290 e. The minimum atomic E-state index is -1.40. The minimum absolute atomic E-state index is 0.179. The average Bonchev–Trinajstić information content (AvgIpc) is 3.09. The summed E-state index contributed by atoms with van der Waals surface area (Å²) in [6, 6.07) is 8.76. The molecular formula is C16H17N5O3S. The first kappa shape index (κ1) is 17.0. The van der Waals surface area contributed by atoms with E-state index in [0.717, 1.165) is 16.7 Å². The molecule has 3 amide bonds. The highest BCUT2D eigenvalue weighted by Gasteiger charge is 2.46. The average molecular weight is 359 g/mol. The third-order valence-corrected chi connectivity index (χ3v) is 5.16. The number of carbonyl (C=O) groups excluding carboxylic acids is 3. The summed E-state index contributed by atoms with van der Waals surface area (Å²) in [5, 5.41) is 6.76. The Bertz CT molecular complexity index is 850. The molecule has 1 unspecified atom stereocenters. The molecule has 9 heteroatoms. The number of hydrazine groups is 1. The molecule has 3 N–H and O–H groups in total. The van der Waals surface area contributed by atoms with Crippen LogP contribution in [-0.2, 0) is 16.1 Å². The number of nitrogens with zero attached hydrogens (tertiary/aromatic N) is 2. The van der Waals surface area contributed by atoms with Crippen LogP contribution in [0, 0.1) is 0 Å². The largest absolute Gasteiger partial charge is 0.323 e. The summed E-state index contributed by atoms with van der Waals surface area (Å²) in [6.07, 6.45) is 1.67. The van der Waals surface area contributed by atoms with Crippen molar-refractivity contribution in [2.75, 3.05) is 5.32 Å². The van der Waals surface area contributed by atoms with E-state index < -0.39 is 22.5 Å². The van der Waals surface area contributed by atoms with Crippen LogP contribution in [0.3, 0.4) is 0 Å². The highest BCUT2D eigenvalue weighted by molar-refractivity contribution is 8.02. The van der Waals surface area contributed by atoms with Gasteiger partial charge >= 0.3 is 0 Å². The molecule has 1 aliphatic rings. The van der Waals surface area contributed by atoms with Crippen molar-refractivity contribution >= 4 is 35.2 Å². The van der Waals surface area contributed by atoms with Crippen LogP contribution in [0.4, 0.5) is 5.69 Å². The number of thioether (sulfide) groups is 1. The van der Waals surface area contributed by atoms with Crippen LogP contribution in [0.25, 0.3) is 0 Å². The molecule has 1 aromatic carbocycles. The van der Waals surface area contributed by atoms with E-state index in [1.165, 1.54) is 6.92 Å². The van der Waals surface area contributed by atoms with Crippen LogP contribution >= 0.6 is 11.8 Å². The van der Waals surface area contributed by atoms with Gasteiger partial charge in [-0.15, -0.1) is 0 Å². The van der Waals surface area contributed by atoms with Gasteiger partial charge in [0.05, 0.1) is 5.69 Å². The first-order valence-electron chi connectivity index (χ1n) is 7.68. The van der Waals surface area contributed by atoms with Crippen molar-refractivity contribution in [3.05, 3.63) is 42.2 Å². The van der Waals surface area contributed by atoms with Gasteiger partial charge in [0.25, 0.3) is 11.8 Å². The van der Waals surface area contributed by atoms with Crippen molar-refractivity contribution < 1.29 is 14.4 Å². The van der Waals surface area contributed by atoms with Gasteiger partial charge in [0.15, 0.2) is 10.4 Å². The molecule has 1 aliphatic heterocycles. The van der Waals surface area contributed by atoms with Gasteiger partial charge in [0, 0.05) is 17.6 Å². The summed E-state index contributed by atoms with van der Waals surface area (Å²) < 4.78 is 0.198. The Morgan fingerprint density at radius 2 is 2.04 bits per heavy atom. The zero-order chi connectivity index (χ0) is 18.0. The van der Waals surface area contributed by atoms with Gasteiger partial charge in [0.2, 0.25) is 5.91 Å². The van der Waals surface area contributed by atoms with Crippen molar-refractivity contribution in [2.45, 2.75) is 30.0 Å². The number of aryl methyl sites for hydroxylation is 1. The van der Waals surface area contributed by atoms with E-state index in [0.29, 0.717) is 12.2 Å².